The second-order valence-electron chi connectivity index (χ2n) is 3.74. The highest BCUT2D eigenvalue weighted by Gasteiger charge is 2.12. The first-order valence-corrected chi connectivity index (χ1v) is 5.50. The number of hydrogen-bond donors (Lipinski definition) is 1. The molecule has 0 aromatic heterocycles. The first-order valence-electron chi connectivity index (χ1n) is 5.50. The molecule has 0 saturated carbocycles. The van der Waals surface area contributed by atoms with Crippen LogP contribution in [0.25, 0.3) is 0 Å². The fourth-order valence-electron chi connectivity index (χ4n) is 1.70. The molecule has 0 unspecified atom stereocenters. The summed E-state index contributed by atoms with van der Waals surface area (Å²) in [5, 5.41) is 9.06. The molecule has 4 heteroatoms. The fourth-order valence-corrected chi connectivity index (χ4v) is 1.70. The van der Waals surface area contributed by atoms with Gasteiger partial charge in [-0.25, -0.2) is 0 Å². The van der Waals surface area contributed by atoms with Gasteiger partial charge >= 0.3 is 5.97 Å². The smallest absolute Gasteiger partial charge is 0.310 e. The number of nitriles is 1. The van der Waals surface area contributed by atoms with Crippen LogP contribution in [0.5, 0.6) is 0 Å². The Bertz CT molecular complexity index is 461. The van der Waals surface area contributed by atoms with Crippen molar-refractivity contribution in [1.82, 2.24) is 0 Å². The minimum Gasteiger partial charge on any atom is -0.466 e. The van der Waals surface area contributed by atoms with Crippen LogP contribution in [-0.4, -0.2) is 12.6 Å². The minimum absolute atomic E-state index is 0.132. The van der Waals surface area contributed by atoms with Gasteiger partial charge in [0.05, 0.1) is 24.7 Å². The van der Waals surface area contributed by atoms with Crippen molar-refractivity contribution in [2.45, 2.75) is 26.8 Å². The van der Waals surface area contributed by atoms with E-state index >= 15 is 0 Å². The first-order chi connectivity index (χ1) is 8.12. The molecular formula is C13H16N2O2. The van der Waals surface area contributed by atoms with Gasteiger partial charge in [-0.2, -0.15) is 5.26 Å². The first kappa shape index (κ1) is 13.2. The summed E-state index contributed by atoms with van der Waals surface area (Å²) >= 11 is 0. The Morgan fingerprint density at radius 3 is 2.76 bits per heavy atom. The van der Waals surface area contributed by atoms with Crippen LogP contribution in [0.15, 0.2) is 12.1 Å². The summed E-state index contributed by atoms with van der Waals surface area (Å²) < 4.78 is 4.88. The van der Waals surface area contributed by atoms with Crippen LogP contribution < -0.4 is 5.73 Å². The molecule has 0 atom stereocenters. The van der Waals surface area contributed by atoms with Crippen LogP contribution in [0.2, 0.25) is 0 Å². The molecule has 1 aromatic carbocycles. The lowest BCUT2D eigenvalue weighted by Crippen LogP contribution is -2.11. The summed E-state index contributed by atoms with van der Waals surface area (Å²) in [6.45, 7) is 4.36. The Morgan fingerprint density at radius 2 is 2.24 bits per heavy atom. The number of esters is 1. The molecule has 4 nitrogen and oxygen atoms in total. The van der Waals surface area contributed by atoms with Gasteiger partial charge in [0, 0.05) is 6.54 Å². The normalized spacial score (nSPS) is 9.76. The van der Waals surface area contributed by atoms with E-state index in [1.165, 1.54) is 0 Å². The SMILES string of the molecule is CCOC(=O)Cc1c(C)cc(CN)cc1C#N. The molecule has 17 heavy (non-hydrogen) atoms. The molecule has 0 heterocycles. The molecule has 1 rings (SSSR count). The molecule has 0 saturated heterocycles. The Balaban J connectivity index is 3.07. The highest BCUT2D eigenvalue weighted by Crippen LogP contribution is 2.17. The van der Waals surface area contributed by atoms with Crippen molar-refractivity contribution in [3.63, 3.8) is 0 Å². The molecule has 2 N–H and O–H groups in total. The van der Waals surface area contributed by atoms with Crippen molar-refractivity contribution in [2.75, 3.05) is 6.61 Å². The topological polar surface area (TPSA) is 76.1 Å². The van der Waals surface area contributed by atoms with Gasteiger partial charge in [-0.15, -0.1) is 0 Å². The van der Waals surface area contributed by atoms with Crippen molar-refractivity contribution >= 4 is 5.97 Å². The Kier molecular flexibility index (Phi) is 4.68. The lowest BCUT2D eigenvalue weighted by molar-refractivity contribution is -0.142. The van der Waals surface area contributed by atoms with Gasteiger partial charge in [-0.05, 0) is 36.6 Å². The number of carbonyl (C=O) groups excluding carboxylic acids is 1. The van der Waals surface area contributed by atoms with E-state index in [-0.39, 0.29) is 12.4 Å². The molecule has 0 aliphatic rings. The maximum Gasteiger partial charge on any atom is 0.310 e. The molecule has 0 fully saturated rings. The molecule has 0 aliphatic carbocycles. The monoisotopic (exact) mass is 232 g/mol. The average Bonchev–Trinajstić information content (AvgIpc) is 2.31. The lowest BCUT2D eigenvalue weighted by atomic mass is 9.97. The van der Waals surface area contributed by atoms with Gasteiger partial charge in [0.1, 0.15) is 0 Å². The van der Waals surface area contributed by atoms with Gasteiger partial charge in [-0.1, -0.05) is 6.07 Å². The van der Waals surface area contributed by atoms with Gasteiger partial charge in [0.2, 0.25) is 0 Å². The maximum absolute atomic E-state index is 11.4. The second kappa shape index (κ2) is 6.02. The van der Waals surface area contributed by atoms with E-state index in [0.717, 1.165) is 16.7 Å². The third kappa shape index (κ3) is 3.30. The third-order valence-electron chi connectivity index (χ3n) is 2.52. The zero-order valence-corrected chi connectivity index (χ0v) is 10.1. The summed E-state index contributed by atoms with van der Waals surface area (Å²) in [5.74, 6) is -0.312. The van der Waals surface area contributed by atoms with Crippen molar-refractivity contribution in [3.8, 4) is 6.07 Å². The molecule has 0 radical (unpaired) electrons. The average molecular weight is 232 g/mol. The van der Waals surface area contributed by atoms with Crippen molar-refractivity contribution in [2.24, 2.45) is 5.73 Å². The fraction of sp³-hybridized carbons (Fsp3) is 0.385. The minimum atomic E-state index is -0.312. The van der Waals surface area contributed by atoms with E-state index in [0.29, 0.717) is 18.7 Å². The molecular weight excluding hydrogens is 216 g/mol. The molecule has 90 valence electrons. The number of nitrogens with two attached hydrogens (primary N) is 1. The highest BCUT2D eigenvalue weighted by atomic mass is 16.5. The van der Waals surface area contributed by atoms with Crippen LogP contribution >= 0.6 is 0 Å². The van der Waals surface area contributed by atoms with Gasteiger partial charge in [-0.3, -0.25) is 4.79 Å². The number of rotatable bonds is 4. The third-order valence-corrected chi connectivity index (χ3v) is 2.52. The summed E-state index contributed by atoms with van der Waals surface area (Å²) in [4.78, 5) is 11.4. The number of aryl methyl sites for hydroxylation is 1. The van der Waals surface area contributed by atoms with Crippen molar-refractivity contribution in [3.05, 3.63) is 34.4 Å². The zero-order valence-electron chi connectivity index (χ0n) is 10.1. The van der Waals surface area contributed by atoms with Crippen LogP contribution in [0, 0.1) is 18.3 Å². The maximum atomic E-state index is 11.4. The quantitative estimate of drug-likeness (QED) is 0.797. The van der Waals surface area contributed by atoms with Crippen LogP contribution in [0.1, 0.15) is 29.2 Å². The van der Waals surface area contributed by atoms with Gasteiger partial charge in [0.25, 0.3) is 0 Å². The van der Waals surface area contributed by atoms with Crippen LogP contribution in [0.4, 0.5) is 0 Å². The summed E-state index contributed by atoms with van der Waals surface area (Å²) in [7, 11) is 0. The van der Waals surface area contributed by atoms with Crippen LogP contribution in [0.3, 0.4) is 0 Å². The number of ether oxygens (including phenoxy) is 1. The van der Waals surface area contributed by atoms with Crippen molar-refractivity contribution in [1.29, 1.82) is 5.26 Å². The lowest BCUT2D eigenvalue weighted by Gasteiger charge is -2.10. The van der Waals surface area contributed by atoms with E-state index in [4.69, 9.17) is 15.7 Å². The number of nitrogens with zero attached hydrogens (tertiary/aromatic N) is 1. The largest absolute Gasteiger partial charge is 0.466 e. The van der Waals surface area contributed by atoms with Gasteiger partial charge in [0.15, 0.2) is 0 Å². The second-order valence-corrected chi connectivity index (χ2v) is 3.74. The number of hydrogen-bond acceptors (Lipinski definition) is 4. The van der Waals surface area contributed by atoms with Crippen LogP contribution in [-0.2, 0) is 22.5 Å². The van der Waals surface area contributed by atoms with E-state index in [2.05, 4.69) is 6.07 Å². The molecule has 0 aliphatic heterocycles. The molecule has 0 amide bonds. The number of carbonyl (C=O) groups is 1. The van der Waals surface area contributed by atoms with E-state index in [9.17, 15) is 4.79 Å². The predicted octanol–water partition coefficient (Wildman–Crippen LogP) is 1.43. The van der Waals surface area contributed by atoms with Gasteiger partial charge < -0.3 is 10.5 Å². The molecule has 0 spiro atoms. The summed E-state index contributed by atoms with van der Waals surface area (Å²) in [6.07, 6.45) is 0.132. The standard InChI is InChI=1S/C13H16N2O2/c1-3-17-13(16)6-12-9(2)4-10(7-14)5-11(12)8-15/h4-5H,3,6-7,14H2,1-2H3. The highest BCUT2D eigenvalue weighted by molar-refractivity contribution is 5.74. The molecule has 0 bridgehead atoms. The Labute approximate surface area is 101 Å². The van der Waals surface area contributed by atoms with E-state index in [1.54, 1.807) is 13.0 Å². The zero-order chi connectivity index (χ0) is 12.8. The Hall–Kier alpha value is -1.86. The summed E-state index contributed by atoms with van der Waals surface area (Å²) in [6, 6.07) is 5.72. The van der Waals surface area contributed by atoms with Crippen molar-refractivity contribution < 1.29 is 9.53 Å². The van der Waals surface area contributed by atoms with E-state index in [1.807, 2.05) is 13.0 Å². The predicted molar refractivity (Wildman–Crippen MR) is 64.1 cm³/mol. The Morgan fingerprint density at radius 1 is 1.53 bits per heavy atom. The molecule has 1 aromatic rings. The number of benzene rings is 1. The van der Waals surface area contributed by atoms with E-state index < -0.39 is 0 Å². The summed E-state index contributed by atoms with van der Waals surface area (Å²) in [5.41, 5.74) is 8.56.